The Kier molecular flexibility index (Phi) is 6.91. The predicted molar refractivity (Wildman–Crippen MR) is 79.9 cm³/mol. The van der Waals surface area contributed by atoms with Crippen molar-refractivity contribution in [2.24, 2.45) is 5.92 Å². The first-order valence-corrected chi connectivity index (χ1v) is 9.04. The SMILES string of the molecule is CCNCC(C)C(=O)N1CCC(NS(=O)(=O)CC)CC1. The van der Waals surface area contributed by atoms with Crippen molar-refractivity contribution in [2.45, 2.75) is 39.7 Å². The molecule has 0 bridgehead atoms. The van der Waals surface area contributed by atoms with Crippen LogP contribution in [-0.4, -0.2) is 57.2 Å². The van der Waals surface area contributed by atoms with E-state index < -0.39 is 10.0 Å². The first kappa shape index (κ1) is 17.4. The smallest absolute Gasteiger partial charge is 0.226 e. The number of piperidine rings is 1. The van der Waals surface area contributed by atoms with Gasteiger partial charge in [0.25, 0.3) is 0 Å². The summed E-state index contributed by atoms with van der Waals surface area (Å²) in [5.41, 5.74) is 0. The maximum absolute atomic E-state index is 12.2. The van der Waals surface area contributed by atoms with Gasteiger partial charge < -0.3 is 10.2 Å². The minimum atomic E-state index is -3.15. The molecule has 0 aliphatic carbocycles. The van der Waals surface area contributed by atoms with Gasteiger partial charge in [0.1, 0.15) is 0 Å². The fourth-order valence-corrected chi connectivity index (χ4v) is 3.23. The Bertz CT molecular complexity index is 403. The molecule has 6 nitrogen and oxygen atoms in total. The second-order valence-electron chi connectivity index (χ2n) is 5.33. The van der Waals surface area contributed by atoms with Crippen molar-refractivity contribution >= 4 is 15.9 Å². The predicted octanol–water partition coefficient (Wildman–Crippen LogP) is 0.162. The Morgan fingerprint density at radius 2 is 1.90 bits per heavy atom. The van der Waals surface area contributed by atoms with Crippen molar-refractivity contribution in [1.29, 1.82) is 0 Å². The second kappa shape index (κ2) is 7.95. The molecule has 0 aromatic rings. The fourth-order valence-electron chi connectivity index (χ4n) is 2.31. The molecule has 1 amide bonds. The number of hydrogen-bond donors (Lipinski definition) is 2. The van der Waals surface area contributed by atoms with Gasteiger partial charge in [-0.1, -0.05) is 13.8 Å². The molecule has 7 heteroatoms. The Morgan fingerprint density at radius 3 is 2.40 bits per heavy atom. The van der Waals surface area contributed by atoms with Crippen LogP contribution in [0.3, 0.4) is 0 Å². The molecule has 0 spiro atoms. The zero-order chi connectivity index (χ0) is 15.2. The van der Waals surface area contributed by atoms with Gasteiger partial charge in [-0.2, -0.15) is 0 Å². The summed E-state index contributed by atoms with van der Waals surface area (Å²) < 4.78 is 25.7. The van der Waals surface area contributed by atoms with Crippen LogP contribution in [0.1, 0.15) is 33.6 Å². The zero-order valence-electron chi connectivity index (χ0n) is 12.7. The summed E-state index contributed by atoms with van der Waals surface area (Å²) >= 11 is 0. The highest BCUT2D eigenvalue weighted by Gasteiger charge is 2.27. The van der Waals surface area contributed by atoms with Crippen LogP contribution >= 0.6 is 0 Å². The summed E-state index contributed by atoms with van der Waals surface area (Å²) in [5, 5.41) is 3.18. The lowest BCUT2D eigenvalue weighted by Gasteiger charge is -2.33. The highest BCUT2D eigenvalue weighted by atomic mass is 32.2. The van der Waals surface area contributed by atoms with Gasteiger partial charge in [0.05, 0.1) is 5.75 Å². The van der Waals surface area contributed by atoms with E-state index >= 15 is 0 Å². The number of likely N-dealkylation sites (tertiary alicyclic amines) is 1. The van der Waals surface area contributed by atoms with E-state index in [-0.39, 0.29) is 23.6 Å². The average Bonchev–Trinajstić information content (AvgIpc) is 2.44. The van der Waals surface area contributed by atoms with Crippen LogP contribution in [0.25, 0.3) is 0 Å². The third-order valence-electron chi connectivity index (χ3n) is 3.65. The number of hydrogen-bond acceptors (Lipinski definition) is 4. The lowest BCUT2D eigenvalue weighted by atomic mass is 10.0. The number of nitrogens with zero attached hydrogens (tertiary/aromatic N) is 1. The van der Waals surface area contributed by atoms with Gasteiger partial charge >= 0.3 is 0 Å². The Hall–Kier alpha value is -0.660. The second-order valence-corrected chi connectivity index (χ2v) is 7.37. The summed E-state index contributed by atoms with van der Waals surface area (Å²) in [6.45, 7) is 8.39. The number of sulfonamides is 1. The van der Waals surface area contributed by atoms with Crippen molar-refractivity contribution in [1.82, 2.24) is 14.9 Å². The molecule has 0 aromatic carbocycles. The lowest BCUT2D eigenvalue weighted by molar-refractivity contribution is -0.135. The van der Waals surface area contributed by atoms with Crippen LogP contribution in [-0.2, 0) is 14.8 Å². The van der Waals surface area contributed by atoms with Crippen LogP contribution in [0.2, 0.25) is 0 Å². The first-order valence-electron chi connectivity index (χ1n) is 7.39. The molecule has 1 saturated heterocycles. The molecule has 20 heavy (non-hydrogen) atoms. The van der Waals surface area contributed by atoms with E-state index in [1.165, 1.54) is 0 Å². The zero-order valence-corrected chi connectivity index (χ0v) is 13.5. The molecule has 1 rings (SSSR count). The minimum absolute atomic E-state index is 0.0289. The number of nitrogens with one attached hydrogen (secondary N) is 2. The molecule has 118 valence electrons. The number of carbonyl (C=O) groups excluding carboxylic acids is 1. The highest BCUT2D eigenvalue weighted by molar-refractivity contribution is 7.89. The number of amides is 1. The van der Waals surface area contributed by atoms with E-state index in [0.29, 0.717) is 32.5 Å². The number of rotatable bonds is 7. The molecule has 1 atom stereocenters. The standard InChI is InChI=1S/C13H27N3O3S/c1-4-14-10-11(3)13(17)16-8-6-12(7-9-16)15-20(18,19)5-2/h11-12,14-15H,4-10H2,1-3H3. The third kappa shape index (κ3) is 5.38. The normalized spacial score (nSPS) is 19.1. The molecule has 1 fully saturated rings. The van der Waals surface area contributed by atoms with Gasteiger partial charge in [0.2, 0.25) is 15.9 Å². The molecule has 1 heterocycles. The molecule has 1 unspecified atom stereocenters. The van der Waals surface area contributed by atoms with Gasteiger partial charge in [-0.05, 0) is 26.3 Å². The van der Waals surface area contributed by atoms with Crippen LogP contribution in [0, 0.1) is 5.92 Å². The Labute approximate surface area is 122 Å². The summed E-state index contributed by atoms with van der Waals surface area (Å²) in [6.07, 6.45) is 1.39. The van der Waals surface area contributed by atoms with Gasteiger partial charge in [-0.25, -0.2) is 13.1 Å². The molecule has 0 radical (unpaired) electrons. The van der Waals surface area contributed by atoms with Crippen molar-refractivity contribution in [3.8, 4) is 0 Å². The van der Waals surface area contributed by atoms with E-state index in [1.54, 1.807) is 6.92 Å². The van der Waals surface area contributed by atoms with Crippen molar-refractivity contribution in [2.75, 3.05) is 31.9 Å². The van der Waals surface area contributed by atoms with Crippen LogP contribution < -0.4 is 10.0 Å². The topological polar surface area (TPSA) is 78.5 Å². The molecule has 1 aliphatic rings. The first-order chi connectivity index (χ1) is 9.39. The van der Waals surface area contributed by atoms with E-state index in [1.807, 2.05) is 18.7 Å². The summed E-state index contributed by atoms with van der Waals surface area (Å²) in [4.78, 5) is 14.0. The monoisotopic (exact) mass is 305 g/mol. The molecular formula is C13H27N3O3S. The molecule has 0 aromatic heterocycles. The summed E-state index contributed by atoms with van der Waals surface area (Å²) in [5.74, 6) is 0.230. The van der Waals surface area contributed by atoms with Crippen molar-refractivity contribution < 1.29 is 13.2 Å². The van der Waals surface area contributed by atoms with Crippen LogP contribution in [0.5, 0.6) is 0 Å². The lowest BCUT2D eigenvalue weighted by Crippen LogP contribution is -2.48. The minimum Gasteiger partial charge on any atom is -0.342 e. The van der Waals surface area contributed by atoms with Crippen LogP contribution in [0.15, 0.2) is 0 Å². The van der Waals surface area contributed by atoms with Gasteiger partial charge in [-0.3, -0.25) is 4.79 Å². The molecule has 0 saturated carbocycles. The van der Waals surface area contributed by atoms with E-state index in [0.717, 1.165) is 6.54 Å². The summed E-state index contributed by atoms with van der Waals surface area (Å²) in [6, 6.07) is -0.0342. The van der Waals surface area contributed by atoms with Gasteiger partial charge in [0, 0.05) is 31.6 Å². The van der Waals surface area contributed by atoms with E-state index in [4.69, 9.17) is 0 Å². The Morgan fingerprint density at radius 1 is 1.30 bits per heavy atom. The van der Waals surface area contributed by atoms with Crippen molar-refractivity contribution in [3.63, 3.8) is 0 Å². The maximum atomic E-state index is 12.2. The van der Waals surface area contributed by atoms with Gasteiger partial charge in [-0.15, -0.1) is 0 Å². The largest absolute Gasteiger partial charge is 0.342 e. The molecule has 2 N–H and O–H groups in total. The highest BCUT2D eigenvalue weighted by Crippen LogP contribution is 2.14. The number of carbonyl (C=O) groups is 1. The van der Waals surface area contributed by atoms with Crippen LogP contribution in [0.4, 0.5) is 0 Å². The Balaban J connectivity index is 2.40. The summed E-state index contributed by atoms with van der Waals surface area (Å²) in [7, 11) is -3.15. The maximum Gasteiger partial charge on any atom is 0.226 e. The molecule has 1 aliphatic heterocycles. The third-order valence-corrected chi connectivity index (χ3v) is 5.11. The quantitative estimate of drug-likeness (QED) is 0.702. The van der Waals surface area contributed by atoms with Crippen molar-refractivity contribution in [3.05, 3.63) is 0 Å². The van der Waals surface area contributed by atoms with Gasteiger partial charge in [0.15, 0.2) is 0 Å². The van der Waals surface area contributed by atoms with E-state index in [9.17, 15) is 13.2 Å². The van der Waals surface area contributed by atoms with E-state index in [2.05, 4.69) is 10.0 Å². The fraction of sp³-hybridized carbons (Fsp3) is 0.923. The average molecular weight is 305 g/mol. The molecular weight excluding hydrogens is 278 g/mol.